The van der Waals surface area contributed by atoms with Crippen molar-refractivity contribution in [1.29, 1.82) is 5.26 Å². The first-order valence-corrected chi connectivity index (χ1v) is 7.03. The third-order valence-electron chi connectivity index (χ3n) is 2.23. The average molecular weight is 269 g/mol. The lowest BCUT2D eigenvalue weighted by atomic mass is 9.88. The molecular formula is C12H19N3O2S. The molecule has 0 amide bonds. The highest BCUT2D eigenvalue weighted by atomic mass is 32.2. The third kappa shape index (κ3) is 4.31. The number of nitriles is 1. The Balaban J connectivity index is 2.72. The van der Waals surface area contributed by atoms with Crippen molar-refractivity contribution in [2.75, 3.05) is 12.4 Å². The van der Waals surface area contributed by atoms with Gasteiger partial charge in [0.2, 0.25) is 11.7 Å². The number of ether oxygens (including phenoxy) is 1. The topological polar surface area (TPSA) is 71.9 Å². The molecule has 0 spiro atoms. The largest absolute Gasteiger partial charge is 0.370 e. The summed E-state index contributed by atoms with van der Waals surface area (Å²) in [4.78, 5) is 4.33. The Morgan fingerprint density at radius 1 is 1.50 bits per heavy atom. The number of aromatic nitrogens is 2. The van der Waals surface area contributed by atoms with E-state index in [-0.39, 0.29) is 11.5 Å². The maximum atomic E-state index is 8.46. The molecule has 0 bridgehead atoms. The number of hydrogen-bond acceptors (Lipinski definition) is 6. The van der Waals surface area contributed by atoms with Crippen molar-refractivity contribution >= 4 is 11.8 Å². The molecular weight excluding hydrogens is 250 g/mol. The van der Waals surface area contributed by atoms with Gasteiger partial charge in [-0.2, -0.15) is 10.2 Å². The molecule has 1 heterocycles. The highest BCUT2D eigenvalue weighted by Gasteiger charge is 2.31. The molecule has 0 N–H and O–H groups in total. The van der Waals surface area contributed by atoms with Crippen LogP contribution in [-0.4, -0.2) is 22.5 Å². The molecule has 0 fully saturated rings. The zero-order valence-corrected chi connectivity index (χ0v) is 12.1. The number of thioether (sulfide) groups is 1. The summed E-state index contributed by atoms with van der Waals surface area (Å²) in [5.41, 5.74) is -0.0864. The molecule has 100 valence electrons. The zero-order valence-electron chi connectivity index (χ0n) is 11.3. The van der Waals surface area contributed by atoms with Crippen LogP contribution in [0, 0.1) is 16.7 Å². The monoisotopic (exact) mass is 269 g/mol. The van der Waals surface area contributed by atoms with E-state index in [9.17, 15) is 0 Å². The fourth-order valence-corrected chi connectivity index (χ4v) is 1.98. The van der Waals surface area contributed by atoms with Gasteiger partial charge in [-0.3, -0.25) is 0 Å². The quantitative estimate of drug-likeness (QED) is 0.739. The molecule has 1 unspecified atom stereocenters. The minimum absolute atomic E-state index is 0.0864. The summed E-state index contributed by atoms with van der Waals surface area (Å²) in [6, 6.07) is 2.06. The van der Waals surface area contributed by atoms with Gasteiger partial charge in [-0.05, 0) is 12.3 Å². The van der Waals surface area contributed by atoms with E-state index in [2.05, 4.69) is 37.0 Å². The first kappa shape index (κ1) is 15.0. The van der Waals surface area contributed by atoms with Crippen molar-refractivity contribution in [1.82, 2.24) is 10.1 Å². The lowest BCUT2D eigenvalue weighted by Crippen LogP contribution is -2.22. The summed E-state index contributed by atoms with van der Waals surface area (Å²) in [7, 11) is 0. The van der Waals surface area contributed by atoms with Gasteiger partial charge in [0.1, 0.15) is 6.10 Å². The number of hydrogen-bond donors (Lipinski definition) is 0. The van der Waals surface area contributed by atoms with Crippen LogP contribution < -0.4 is 0 Å². The van der Waals surface area contributed by atoms with Crippen LogP contribution in [0.25, 0.3) is 0 Å². The van der Waals surface area contributed by atoms with E-state index < -0.39 is 0 Å². The van der Waals surface area contributed by atoms with Gasteiger partial charge in [-0.1, -0.05) is 25.9 Å². The maximum absolute atomic E-state index is 8.46. The van der Waals surface area contributed by atoms with E-state index >= 15 is 0 Å². The standard InChI is InChI=1S/C12H19N3O2S/c1-5-16-10(12(2,3)4)11-14-9(17-15-11)8-18-7-6-13/h10H,5,7-8H2,1-4H3. The van der Waals surface area contributed by atoms with Gasteiger partial charge < -0.3 is 9.26 Å². The third-order valence-corrected chi connectivity index (χ3v) is 3.01. The molecule has 0 aliphatic heterocycles. The average Bonchev–Trinajstić information content (AvgIpc) is 2.73. The van der Waals surface area contributed by atoms with E-state index in [1.54, 1.807) is 0 Å². The summed E-state index contributed by atoms with van der Waals surface area (Å²) in [6.45, 7) is 8.78. The van der Waals surface area contributed by atoms with Gasteiger partial charge in [0.15, 0.2) is 0 Å². The van der Waals surface area contributed by atoms with Crippen molar-refractivity contribution < 1.29 is 9.26 Å². The lowest BCUT2D eigenvalue weighted by Gasteiger charge is -2.27. The van der Waals surface area contributed by atoms with E-state index in [1.807, 2.05) is 6.92 Å². The molecule has 1 aromatic heterocycles. The summed E-state index contributed by atoms with van der Waals surface area (Å²) < 4.78 is 10.8. The predicted octanol–water partition coefficient (Wildman–Crippen LogP) is 2.95. The van der Waals surface area contributed by atoms with Crippen molar-refractivity contribution in [2.24, 2.45) is 5.41 Å². The van der Waals surface area contributed by atoms with Gasteiger partial charge in [0.25, 0.3) is 0 Å². The SMILES string of the molecule is CCOC(c1noc(CSCC#N)n1)C(C)(C)C. The van der Waals surface area contributed by atoms with Crippen LogP contribution in [0.4, 0.5) is 0 Å². The molecule has 5 nitrogen and oxygen atoms in total. The Kier molecular flexibility index (Phi) is 5.63. The van der Waals surface area contributed by atoms with Crippen LogP contribution in [0.2, 0.25) is 0 Å². The molecule has 6 heteroatoms. The van der Waals surface area contributed by atoms with Crippen molar-refractivity contribution in [3.05, 3.63) is 11.7 Å². The maximum Gasteiger partial charge on any atom is 0.236 e. The molecule has 1 rings (SSSR count). The molecule has 0 saturated heterocycles. The Morgan fingerprint density at radius 3 is 2.78 bits per heavy atom. The summed E-state index contributed by atoms with van der Waals surface area (Å²) in [5.74, 6) is 2.10. The highest BCUT2D eigenvalue weighted by molar-refractivity contribution is 7.98. The van der Waals surface area contributed by atoms with E-state index in [4.69, 9.17) is 14.5 Å². The molecule has 0 saturated carbocycles. The van der Waals surface area contributed by atoms with Crippen LogP contribution in [0.3, 0.4) is 0 Å². The van der Waals surface area contributed by atoms with Crippen molar-refractivity contribution in [2.45, 2.75) is 39.6 Å². The van der Waals surface area contributed by atoms with Gasteiger partial charge in [0, 0.05) is 6.61 Å². The van der Waals surface area contributed by atoms with Gasteiger partial charge in [-0.15, -0.1) is 11.8 Å². The number of nitrogens with zero attached hydrogens (tertiary/aromatic N) is 3. The minimum atomic E-state index is -0.180. The second kappa shape index (κ2) is 6.76. The van der Waals surface area contributed by atoms with Crippen LogP contribution in [-0.2, 0) is 10.5 Å². The zero-order chi connectivity index (χ0) is 13.6. The summed E-state index contributed by atoms with van der Waals surface area (Å²) in [5, 5.41) is 12.4. The van der Waals surface area contributed by atoms with E-state index in [0.717, 1.165) is 0 Å². The Bertz CT molecular complexity index is 406. The first-order chi connectivity index (χ1) is 8.49. The number of rotatable bonds is 6. The normalized spacial score (nSPS) is 13.3. The van der Waals surface area contributed by atoms with Gasteiger partial charge in [0.05, 0.1) is 17.6 Å². The Morgan fingerprint density at radius 2 is 2.22 bits per heavy atom. The van der Waals surface area contributed by atoms with Crippen molar-refractivity contribution in [3.8, 4) is 6.07 Å². The summed E-state index contributed by atoms with van der Waals surface area (Å²) >= 11 is 1.45. The fourth-order valence-electron chi connectivity index (χ4n) is 1.50. The molecule has 18 heavy (non-hydrogen) atoms. The first-order valence-electron chi connectivity index (χ1n) is 5.87. The Hall–Kier alpha value is -1.06. The van der Waals surface area contributed by atoms with Crippen molar-refractivity contribution in [3.63, 3.8) is 0 Å². The minimum Gasteiger partial charge on any atom is -0.370 e. The smallest absolute Gasteiger partial charge is 0.236 e. The van der Waals surface area contributed by atoms with Crippen LogP contribution in [0.1, 0.15) is 45.5 Å². The molecule has 1 atom stereocenters. The van der Waals surface area contributed by atoms with E-state index in [0.29, 0.717) is 29.8 Å². The van der Waals surface area contributed by atoms with Crippen LogP contribution in [0.5, 0.6) is 0 Å². The molecule has 0 aromatic carbocycles. The van der Waals surface area contributed by atoms with Gasteiger partial charge in [-0.25, -0.2) is 0 Å². The van der Waals surface area contributed by atoms with Crippen LogP contribution in [0.15, 0.2) is 4.52 Å². The Labute approximate surface area is 112 Å². The lowest BCUT2D eigenvalue weighted by molar-refractivity contribution is -0.0203. The molecule has 0 aliphatic rings. The molecule has 0 radical (unpaired) electrons. The molecule has 0 aliphatic carbocycles. The molecule has 1 aromatic rings. The second-order valence-corrected chi connectivity index (χ2v) is 5.88. The highest BCUT2D eigenvalue weighted by Crippen LogP contribution is 2.34. The fraction of sp³-hybridized carbons (Fsp3) is 0.750. The van der Waals surface area contributed by atoms with E-state index in [1.165, 1.54) is 11.8 Å². The van der Waals surface area contributed by atoms with Gasteiger partial charge >= 0.3 is 0 Å². The van der Waals surface area contributed by atoms with Crippen LogP contribution >= 0.6 is 11.8 Å². The second-order valence-electron chi connectivity index (χ2n) is 4.90. The summed E-state index contributed by atoms with van der Waals surface area (Å²) in [6.07, 6.45) is -0.180. The predicted molar refractivity (Wildman–Crippen MR) is 69.9 cm³/mol.